The number of aromatic nitrogens is 2. The van der Waals surface area contributed by atoms with E-state index < -0.39 is 6.09 Å². The number of hydrogen-bond donors (Lipinski definition) is 4. The Labute approximate surface area is 110 Å². The van der Waals surface area contributed by atoms with Gasteiger partial charge < -0.3 is 21.2 Å². The van der Waals surface area contributed by atoms with Crippen molar-refractivity contribution in [3.8, 4) is 0 Å². The number of anilines is 2. The number of primary amides is 1. The minimum absolute atomic E-state index is 0.183. The summed E-state index contributed by atoms with van der Waals surface area (Å²) >= 11 is 0. The number of amides is 1. The predicted molar refractivity (Wildman–Crippen MR) is 70.6 cm³/mol. The molecule has 1 heterocycles. The van der Waals surface area contributed by atoms with E-state index in [1.54, 1.807) is 0 Å². The highest BCUT2D eigenvalue weighted by atomic mass is 16.5. The lowest BCUT2D eigenvalue weighted by Gasteiger charge is -2.13. The fraction of sp³-hybridized carbons (Fsp3) is 0.545. The van der Waals surface area contributed by atoms with Crippen molar-refractivity contribution in [1.82, 2.24) is 9.97 Å². The van der Waals surface area contributed by atoms with E-state index in [0.717, 1.165) is 24.2 Å². The van der Waals surface area contributed by atoms with Crippen LogP contribution in [0, 0.1) is 6.92 Å². The summed E-state index contributed by atoms with van der Waals surface area (Å²) in [5.74, 6) is 7.96. The summed E-state index contributed by atoms with van der Waals surface area (Å²) in [4.78, 5) is 19.3. The largest absolute Gasteiger partial charge is 0.448 e. The molecule has 0 unspecified atom stereocenters. The van der Waals surface area contributed by atoms with Crippen LogP contribution in [-0.4, -0.2) is 29.2 Å². The number of hydrazine groups is 1. The van der Waals surface area contributed by atoms with Gasteiger partial charge in [-0.2, -0.15) is 0 Å². The van der Waals surface area contributed by atoms with E-state index in [4.69, 9.17) is 11.6 Å². The topological polar surface area (TPSA) is 128 Å². The molecule has 1 fully saturated rings. The number of nitrogens with two attached hydrogens (primary N) is 2. The van der Waals surface area contributed by atoms with Crippen molar-refractivity contribution in [2.45, 2.75) is 25.7 Å². The van der Waals surface area contributed by atoms with Gasteiger partial charge in [0, 0.05) is 11.5 Å². The number of hydrogen-bond acceptors (Lipinski definition) is 7. The SMILES string of the molecule is Cc1c(NN)nc(C2CC2)nc1NCCOC(N)=O. The standard InChI is InChI=1S/C11H18N6O2/c1-6-8(14-4-5-19-11(12)18)15-10(7-2-3-7)16-9(6)17-13/h7H,2-5,13H2,1H3,(H2,12,18)(H2,14,15,16,17). The molecule has 0 bridgehead atoms. The molecule has 19 heavy (non-hydrogen) atoms. The van der Waals surface area contributed by atoms with Gasteiger partial charge in [-0.25, -0.2) is 20.6 Å². The number of nitrogen functional groups attached to an aromatic ring is 1. The van der Waals surface area contributed by atoms with Crippen LogP contribution in [0.3, 0.4) is 0 Å². The maximum Gasteiger partial charge on any atom is 0.404 e. The number of ether oxygens (including phenoxy) is 1. The van der Waals surface area contributed by atoms with Crippen molar-refractivity contribution in [2.24, 2.45) is 11.6 Å². The number of nitrogens with zero attached hydrogens (tertiary/aromatic N) is 2. The van der Waals surface area contributed by atoms with Crippen molar-refractivity contribution < 1.29 is 9.53 Å². The van der Waals surface area contributed by atoms with Crippen molar-refractivity contribution in [3.05, 3.63) is 11.4 Å². The van der Waals surface area contributed by atoms with Gasteiger partial charge in [0.05, 0.1) is 6.54 Å². The number of carbonyl (C=O) groups excluding carboxylic acids is 1. The molecule has 8 nitrogen and oxygen atoms in total. The maximum absolute atomic E-state index is 10.4. The van der Waals surface area contributed by atoms with E-state index in [2.05, 4.69) is 25.4 Å². The lowest BCUT2D eigenvalue weighted by molar-refractivity contribution is 0.161. The molecule has 6 N–H and O–H groups in total. The summed E-state index contributed by atoms with van der Waals surface area (Å²) in [5, 5.41) is 3.09. The lowest BCUT2D eigenvalue weighted by atomic mass is 10.3. The summed E-state index contributed by atoms with van der Waals surface area (Å²) in [6, 6.07) is 0. The fourth-order valence-electron chi connectivity index (χ4n) is 1.69. The molecular formula is C11H18N6O2. The summed E-state index contributed by atoms with van der Waals surface area (Å²) in [6.45, 7) is 2.47. The predicted octanol–water partition coefficient (Wildman–Crippen LogP) is 0.455. The zero-order valence-electron chi connectivity index (χ0n) is 10.8. The third-order valence-electron chi connectivity index (χ3n) is 2.88. The monoisotopic (exact) mass is 266 g/mol. The summed E-state index contributed by atoms with van der Waals surface area (Å²) < 4.78 is 4.64. The minimum Gasteiger partial charge on any atom is -0.448 e. The van der Waals surface area contributed by atoms with Gasteiger partial charge in [0.2, 0.25) is 0 Å². The van der Waals surface area contributed by atoms with Crippen LogP contribution >= 0.6 is 0 Å². The van der Waals surface area contributed by atoms with Crippen LogP contribution in [0.2, 0.25) is 0 Å². The second kappa shape index (κ2) is 5.70. The molecule has 0 spiro atoms. The molecule has 8 heteroatoms. The van der Waals surface area contributed by atoms with Crippen molar-refractivity contribution >= 4 is 17.7 Å². The average Bonchev–Trinajstić information content (AvgIpc) is 3.20. The second-order valence-corrected chi connectivity index (χ2v) is 4.42. The minimum atomic E-state index is -0.788. The molecule has 1 aromatic heterocycles. The van der Waals surface area contributed by atoms with Gasteiger partial charge in [-0.05, 0) is 19.8 Å². The molecule has 0 radical (unpaired) electrons. The van der Waals surface area contributed by atoms with Crippen LogP contribution in [0.15, 0.2) is 0 Å². The van der Waals surface area contributed by atoms with Crippen molar-refractivity contribution in [1.29, 1.82) is 0 Å². The number of nitrogens with one attached hydrogen (secondary N) is 2. The van der Waals surface area contributed by atoms with Gasteiger partial charge in [0.15, 0.2) is 0 Å². The summed E-state index contributed by atoms with van der Waals surface area (Å²) in [5.41, 5.74) is 8.27. The van der Waals surface area contributed by atoms with E-state index in [0.29, 0.717) is 24.1 Å². The van der Waals surface area contributed by atoms with Crippen molar-refractivity contribution in [2.75, 3.05) is 23.9 Å². The Kier molecular flexibility index (Phi) is 4.00. The third-order valence-corrected chi connectivity index (χ3v) is 2.88. The Morgan fingerprint density at radius 2 is 2.11 bits per heavy atom. The normalized spacial score (nSPS) is 14.0. The summed E-state index contributed by atoms with van der Waals surface area (Å²) in [7, 11) is 0. The Bertz CT molecular complexity index is 474. The first-order valence-electron chi connectivity index (χ1n) is 6.13. The Morgan fingerprint density at radius 1 is 1.42 bits per heavy atom. The van der Waals surface area contributed by atoms with Crippen LogP contribution in [-0.2, 0) is 4.74 Å². The highest BCUT2D eigenvalue weighted by Gasteiger charge is 2.28. The fourth-order valence-corrected chi connectivity index (χ4v) is 1.69. The molecule has 1 amide bonds. The molecule has 1 aromatic rings. The summed E-state index contributed by atoms with van der Waals surface area (Å²) in [6.07, 6.45) is 1.43. The van der Waals surface area contributed by atoms with Crippen LogP contribution < -0.4 is 22.3 Å². The molecule has 0 aromatic carbocycles. The Hall–Kier alpha value is -2.09. The van der Waals surface area contributed by atoms with E-state index in [1.165, 1.54) is 0 Å². The van der Waals surface area contributed by atoms with Crippen LogP contribution in [0.1, 0.15) is 30.1 Å². The molecule has 104 valence electrons. The molecule has 2 rings (SSSR count). The van der Waals surface area contributed by atoms with Crippen LogP contribution in [0.25, 0.3) is 0 Å². The smallest absolute Gasteiger partial charge is 0.404 e. The van der Waals surface area contributed by atoms with E-state index in [9.17, 15) is 4.79 Å². The molecule has 0 aliphatic heterocycles. The Balaban J connectivity index is 2.05. The highest BCUT2D eigenvalue weighted by molar-refractivity contribution is 5.64. The van der Waals surface area contributed by atoms with Crippen molar-refractivity contribution in [3.63, 3.8) is 0 Å². The molecular weight excluding hydrogens is 248 g/mol. The highest BCUT2D eigenvalue weighted by Crippen LogP contribution is 2.39. The lowest BCUT2D eigenvalue weighted by Crippen LogP contribution is -2.20. The number of rotatable bonds is 6. The van der Waals surface area contributed by atoms with Crippen LogP contribution in [0.5, 0.6) is 0 Å². The third kappa shape index (κ3) is 3.44. The van der Waals surface area contributed by atoms with Gasteiger partial charge in [0.25, 0.3) is 0 Å². The Morgan fingerprint density at radius 3 is 2.68 bits per heavy atom. The maximum atomic E-state index is 10.4. The molecule has 1 aliphatic rings. The van der Waals surface area contributed by atoms with Gasteiger partial charge >= 0.3 is 6.09 Å². The zero-order chi connectivity index (χ0) is 13.8. The molecule has 1 aliphatic carbocycles. The van der Waals surface area contributed by atoms with Gasteiger partial charge in [-0.15, -0.1) is 0 Å². The van der Waals surface area contributed by atoms with Gasteiger partial charge in [0.1, 0.15) is 24.1 Å². The molecule has 1 saturated carbocycles. The first-order chi connectivity index (χ1) is 9.11. The van der Waals surface area contributed by atoms with E-state index in [1.807, 2.05) is 6.92 Å². The molecule has 0 atom stereocenters. The average molecular weight is 266 g/mol. The molecule has 0 saturated heterocycles. The number of carbonyl (C=O) groups is 1. The quantitative estimate of drug-likeness (QED) is 0.334. The van der Waals surface area contributed by atoms with E-state index in [-0.39, 0.29) is 6.61 Å². The zero-order valence-corrected chi connectivity index (χ0v) is 10.8. The second-order valence-electron chi connectivity index (χ2n) is 4.42. The van der Waals surface area contributed by atoms with E-state index >= 15 is 0 Å². The van der Waals surface area contributed by atoms with Gasteiger partial charge in [-0.3, -0.25) is 0 Å². The van der Waals surface area contributed by atoms with Gasteiger partial charge in [-0.1, -0.05) is 0 Å². The van der Waals surface area contributed by atoms with Crippen LogP contribution in [0.4, 0.5) is 16.4 Å². The first kappa shape index (κ1) is 13.3. The first-order valence-corrected chi connectivity index (χ1v) is 6.13.